The summed E-state index contributed by atoms with van der Waals surface area (Å²) in [5, 5.41) is 3.97. The van der Waals surface area contributed by atoms with Crippen LogP contribution in [0.3, 0.4) is 0 Å². The van der Waals surface area contributed by atoms with Gasteiger partial charge in [-0.05, 0) is 31.3 Å². The second-order valence-electron chi connectivity index (χ2n) is 5.52. The SMILES string of the molecule is CNS(=O)(=O)c1cccc(Nc2ncnc3[nH]cc(-c4ccoc4)c23)c1. The molecule has 9 heteroatoms. The minimum atomic E-state index is -3.53. The van der Waals surface area contributed by atoms with Gasteiger partial charge >= 0.3 is 0 Å². The molecule has 26 heavy (non-hydrogen) atoms. The van der Waals surface area contributed by atoms with Gasteiger partial charge in [0.1, 0.15) is 17.8 Å². The Kier molecular flexibility index (Phi) is 3.94. The number of nitrogens with zero attached hydrogens (tertiary/aromatic N) is 2. The predicted octanol–water partition coefficient (Wildman–Crippen LogP) is 2.87. The van der Waals surface area contributed by atoms with Gasteiger partial charge in [0, 0.05) is 23.0 Å². The van der Waals surface area contributed by atoms with Crippen molar-refractivity contribution in [3.8, 4) is 11.1 Å². The van der Waals surface area contributed by atoms with E-state index >= 15 is 0 Å². The molecule has 0 unspecified atom stereocenters. The predicted molar refractivity (Wildman–Crippen MR) is 97.6 cm³/mol. The summed E-state index contributed by atoms with van der Waals surface area (Å²) in [7, 11) is -2.15. The second kappa shape index (κ2) is 6.28. The Morgan fingerprint density at radius 2 is 2.08 bits per heavy atom. The van der Waals surface area contributed by atoms with Crippen LogP contribution in [-0.4, -0.2) is 30.4 Å². The van der Waals surface area contributed by atoms with Crippen LogP contribution >= 0.6 is 0 Å². The van der Waals surface area contributed by atoms with Crippen molar-refractivity contribution < 1.29 is 12.8 Å². The average Bonchev–Trinajstić information content (AvgIpc) is 3.31. The number of rotatable bonds is 5. The van der Waals surface area contributed by atoms with Gasteiger partial charge in [0.15, 0.2) is 0 Å². The summed E-state index contributed by atoms with van der Waals surface area (Å²) in [6, 6.07) is 8.36. The smallest absolute Gasteiger partial charge is 0.240 e. The fourth-order valence-corrected chi connectivity index (χ4v) is 3.47. The number of furan rings is 1. The van der Waals surface area contributed by atoms with Crippen molar-refractivity contribution in [1.29, 1.82) is 0 Å². The number of benzene rings is 1. The van der Waals surface area contributed by atoms with Gasteiger partial charge in [0.05, 0.1) is 22.8 Å². The number of hydrogen-bond acceptors (Lipinski definition) is 6. The molecule has 8 nitrogen and oxygen atoms in total. The topological polar surface area (TPSA) is 113 Å². The number of nitrogens with one attached hydrogen (secondary N) is 3. The third-order valence-corrected chi connectivity index (χ3v) is 5.39. The van der Waals surface area contributed by atoms with Crippen LogP contribution in [0, 0.1) is 0 Å². The van der Waals surface area contributed by atoms with Crippen molar-refractivity contribution in [3.05, 3.63) is 55.4 Å². The first-order valence-electron chi connectivity index (χ1n) is 7.74. The number of anilines is 2. The first-order valence-corrected chi connectivity index (χ1v) is 9.22. The lowest BCUT2D eigenvalue weighted by molar-refractivity contribution is 0.568. The first kappa shape index (κ1) is 16.3. The molecule has 0 saturated carbocycles. The van der Waals surface area contributed by atoms with Crippen LogP contribution in [0.15, 0.2) is 64.7 Å². The minimum absolute atomic E-state index is 0.166. The number of aromatic nitrogens is 3. The van der Waals surface area contributed by atoms with Crippen LogP contribution in [-0.2, 0) is 10.0 Å². The van der Waals surface area contributed by atoms with Crippen LogP contribution in [0.1, 0.15) is 0 Å². The quantitative estimate of drug-likeness (QED) is 0.498. The molecule has 3 heterocycles. The highest BCUT2D eigenvalue weighted by Gasteiger charge is 2.15. The van der Waals surface area contributed by atoms with Crippen LogP contribution in [0.5, 0.6) is 0 Å². The Morgan fingerprint density at radius 1 is 1.19 bits per heavy atom. The van der Waals surface area contributed by atoms with Gasteiger partial charge in [-0.1, -0.05) is 6.07 Å². The van der Waals surface area contributed by atoms with Gasteiger partial charge < -0.3 is 14.7 Å². The summed E-state index contributed by atoms with van der Waals surface area (Å²) in [5.41, 5.74) is 3.04. The molecule has 0 atom stereocenters. The lowest BCUT2D eigenvalue weighted by Crippen LogP contribution is -2.18. The molecule has 3 aromatic heterocycles. The number of hydrogen-bond donors (Lipinski definition) is 3. The van der Waals surface area contributed by atoms with Gasteiger partial charge in [-0.3, -0.25) is 0 Å². The highest BCUT2D eigenvalue weighted by atomic mass is 32.2. The van der Waals surface area contributed by atoms with Crippen LogP contribution in [0.4, 0.5) is 11.5 Å². The van der Waals surface area contributed by atoms with Crippen molar-refractivity contribution in [2.75, 3.05) is 12.4 Å². The number of sulfonamides is 1. The van der Waals surface area contributed by atoms with E-state index in [9.17, 15) is 8.42 Å². The number of fused-ring (bicyclic) bond motifs is 1. The zero-order chi connectivity index (χ0) is 18.1. The van der Waals surface area contributed by atoms with Crippen LogP contribution in [0.2, 0.25) is 0 Å². The molecule has 0 spiro atoms. The van der Waals surface area contributed by atoms with E-state index in [1.807, 2.05) is 12.3 Å². The van der Waals surface area contributed by atoms with Gasteiger partial charge in [0.25, 0.3) is 0 Å². The molecule has 0 aliphatic heterocycles. The summed E-state index contributed by atoms with van der Waals surface area (Å²) in [4.78, 5) is 11.8. The molecule has 0 amide bonds. The minimum Gasteiger partial charge on any atom is -0.472 e. The van der Waals surface area contributed by atoms with E-state index in [4.69, 9.17) is 4.42 Å². The van der Waals surface area contributed by atoms with E-state index in [2.05, 4.69) is 25.0 Å². The van der Waals surface area contributed by atoms with Gasteiger partial charge in [0.2, 0.25) is 10.0 Å². The normalized spacial score (nSPS) is 11.7. The maximum atomic E-state index is 12.0. The molecule has 0 radical (unpaired) electrons. The van der Waals surface area contributed by atoms with Crippen LogP contribution in [0.25, 0.3) is 22.2 Å². The van der Waals surface area contributed by atoms with Crippen molar-refractivity contribution in [3.63, 3.8) is 0 Å². The number of aromatic amines is 1. The fourth-order valence-electron chi connectivity index (χ4n) is 2.70. The van der Waals surface area contributed by atoms with Gasteiger partial charge in [-0.15, -0.1) is 0 Å². The maximum absolute atomic E-state index is 12.0. The largest absolute Gasteiger partial charge is 0.472 e. The van der Waals surface area contributed by atoms with Crippen molar-refractivity contribution >= 4 is 32.6 Å². The molecule has 0 fully saturated rings. The zero-order valence-corrected chi connectivity index (χ0v) is 14.5. The highest BCUT2D eigenvalue weighted by molar-refractivity contribution is 7.89. The molecule has 0 aliphatic rings. The van der Waals surface area contributed by atoms with Crippen molar-refractivity contribution in [2.24, 2.45) is 0 Å². The first-order chi connectivity index (χ1) is 12.6. The monoisotopic (exact) mass is 369 g/mol. The molecule has 4 aromatic rings. The molecule has 132 valence electrons. The van der Waals surface area contributed by atoms with Crippen molar-refractivity contribution in [1.82, 2.24) is 19.7 Å². The third-order valence-electron chi connectivity index (χ3n) is 3.98. The van der Waals surface area contributed by atoms with E-state index in [0.29, 0.717) is 17.2 Å². The Balaban J connectivity index is 1.79. The van der Waals surface area contributed by atoms with E-state index in [0.717, 1.165) is 16.5 Å². The summed E-state index contributed by atoms with van der Waals surface area (Å²) in [6.07, 6.45) is 6.50. The third kappa shape index (κ3) is 2.83. The van der Waals surface area contributed by atoms with Crippen molar-refractivity contribution in [2.45, 2.75) is 4.90 Å². The fraction of sp³-hybridized carbons (Fsp3) is 0.0588. The molecule has 1 aromatic carbocycles. The highest BCUT2D eigenvalue weighted by Crippen LogP contribution is 2.33. The lowest BCUT2D eigenvalue weighted by atomic mass is 10.1. The van der Waals surface area contributed by atoms with E-state index in [-0.39, 0.29) is 4.90 Å². The Labute approximate surface area is 149 Å². The standard InChI is InChI=1S/C17H15N5O3S/c1-18-26(23,24)13-4-2-3-12(7-13)22-17-15-14(11-5-6-25-9-11)8-19-16(15)20-10-21-17/h2-10,18H,1H3,(H2,19,20,21,22). The second-order valence-corrected chi connectivity index (χ2v) is 7.41. The maximum Gasteiger partial charge on any atom is 0.240 e. The van der Waals surface area contributed by atoms with E-state index in [1.165, 1.54) is 19.4 Å². The Bertz CT molecular complexity index is 1170. The Morgan fingerprint density at radius 3 is 2.85 bits per heavy atom. The summed E-state index contributed by atoms with van der Waals surface area (Å²) < 4.78 is 31.5. The van der Waals surface area contributed by atoms with E-state index < -0.39 is 10.0 Å². The molecular formula is C17H15N5O3S. The van der Waals surface area contributed by atoms with Gasteiger partial charge in [-0.2, -0.15) is 0 Å². The summed E-state index contributed by atoms with van der Waals surface area (Å²) >= 11 is 0. The number of H-pyrrole nitrogens is 1. The van der Waals surface area contributed by atoms with E-state index in [1.54, 1.807) is 30.7 Å². The summed E-state index contributed by atoms with van der Waals surface area (Å²) in [6.45, 7) is 0. The zero-order valence-electron chi connectivity index (χ0n) is 13.7. The molecule has 3 N–H and O–H groups in total. The molecule has 4 rings (SSSR count). The molecule has 0 bridgehead atoms. The average molecular weight is 369 g/mol. The molecule has 0 saturated heterocycles. The molecular weight excluding hydrogens is 354 g/mol. The van der Waals surface area contributed by atoms with Crippen LogP contribution < -0.4 is 10.0 Å². The lowest BCUT2D eigenvalue weighted by Gasteiger charge is -2.09. The summed E-state index contributed by atoms with van der Waals surface area (Å²) in [5.74, 6) is 0.562. The Hall–Kier alpha value is -3.17. The molecule has 0 aliphatic carbocycles. The van der Waals surface area contributed by atoms with Gasteiger partial charge in [-0.25, -0.2) is 23.1 Å².